The Balaban J connectivity index is 2.31. The summed E-state index contributed by atoms with van der Waals surface area (Å²) in [7, 11) is 0. The van der Waals surface area contributed by atoms with E-state index in [0.717, 1.165) is 12.4 Å². The van der Waals surface area contributed by atoms with Gasteiger partial charge >= 0.3 is 0 Å². The van der Waals surface area contributed by atoms with Crippen LogP contribution in [0.15, 0.2) is 18.7 Å². The lowest BCUT2D eigenvalue weighted by atomic mass is 10.3. The molecule has 0 fully saturated rings. The van der Waals surface area contributed by atoms with Crippen LogP contribution < -0.4 is 5.73 Å². The Kier molecular flexibility index (Phi) is 2.28. The molecule has 74 valence electrons. The standard InChI is InChI=1S/C8H12N6/c1-2-14-4-3-10-8(14)6(9)7-11-5-12-13-7/h3-6H,2,9H2,1H3,(H,11,12,13). The van der Waals surface area contributed by atoms with Crippen molar-refractivity contribution in [2.24, 2.45) is 5.73 Å². The Morgan fingerprint density at radius 3 is 3.07 bits per heavy atom. The highest BCUT2D eigenvalue weighted by molar-refractivity contribution is 5.09. The molecule has 2 aromatic heterocycles. The van der Waals surface area contributed by atoms with Crippen LogP contribution in [0.25, 0.3) is 0 Å². The number of hydrogen-bond donors (Lipinski definition) is 2. The topological polar surface area (TPSA) is 85.4 Å². The number of nitrogens with one attached hydrogen (secondary N) is 1. The molecule has 1 unspecified atom stereocenters. The molecular formula is C8H12N6. The molecule has 0 aliphatic carbocycles. The molecular weight excluding hydrogens is 180 g/mol. The summed E-state index contributed by atoms with van der Waals surface area (Å²) in [6.07, 6.45) is 5.06. The van der Waals surface area contributed by atoms with Gasteiger partial charge in [-0.3, -0.25) is 5.10 Å². The Hall–Kier alpha value is -1.69. The minimum absolute atomic E-state index is 0.340. The molecule has 2 aromatic rings. The summed E-state index contributed by atoms with van der Waals surface area (Å²) in [5.41, 5.74) is 5.96. The van der Waals surface area contributed by atoms with E-state index in [9.17, 15) is 0 Å². The van der Waals surface area contributed by atoms with Crippen LogP contribution in [0.3, 0.4) is 0 Å². The van der Waals surface area contributed by atoms with Gasteiger partial charge in [0, 0.05) is 18.9 Å². The van der Waals surface area contributed by atoms with E-state index in [1.165, 1.54) is 6.33 Å². The van der Waals surface area contributed by atoms with E-state index in [1.54, 1.807) is 6.20 Å². The summed E-state index contributed by atoms with van der Waals surface area (Å²) in [5, 5.41) is 6.49. The highest BCUT2D eigenvalue weighted by atomic mass is 15.2. The van der Waals surface area contributed by atoms with Crippen LogP contribution in [0.5, 0.6) is 0 Å². The monoisotopic (exact) mass is 192 g/mol. The number of imidazole rings is 1. The van der Waals surface area contributed by atoms with Crippen molar-refractivity contribution >= 4 is 0 Å². The lowest BCUT2D eigenvalue weighted by Crippen LogP contribution is -2.18. The second-order valence-corrected chi connectivity index (χ2v) is 2.92. The third-order valence-corrected chi connectivity index (χ3v) is 2.09. The zero-order valence-electron chi connectivity index (χ0n) is 7.88. The zero-order valence-corrected chi connectivity index (χ0v) is 7.88. The molecule has 0 saturated heterocycles. The van der Waals surface area contributed by atoms with Crippen molar-refractivity contribution in [2.75, 3.05) is 0 Å². The largest absolute Gasteiger partial charge is 0.334 e. The molecule has 6 heteroatoms. The van der Waals surface area contributed by atoms with Gasteiger partial charge in [0.15, 0.2) is 0 Å². The van der Waals surface area contributed by atoms with Crippen LogP contribution in [-0.4, -0.2) is 24.7 Å². The van der Waals surface area contributed by atoms with Crippen molar-refractivity contribution in [1.29, 1.82) is 0 Å². The maximum atomic E-state index is 5.96. The first-order valence-electron chi connectivity index (χ1n) is 4.44. The van der Waals surface area contributed by atoms with Crippen LogP contribution in [0.2, 0.25) is 0 Å². The van der Waals surface area contributed by atoms with Gasteiger partial charge in [-0.25, -0.2) is 9.97 Å². The smallest absolute Gasteiger partial charge is 0.148 e. The zero-order chi connectivity index (χ0) is 9.97. The summed E-state index contributed by atoms with van der Waals surface area (Å²) >= 11 is 0. The summed E-state index contributed by atoms with van der Waals surface area (Å²) in [6, 6.07) is -0.340. The Morgan fingerprint density at radius 1 is 1.57 bits per heavy atom. The van der Waals surface area contributed by atoms with Crippen LogP contribution in [0.1, 0.15) is 24.6 Å². The number of nitrogens with zero attached hydrogens (tertiary/aromatic N) is 4. The number of H-pyrrole nitrogens is 1. The summed E-state index contributed by atoms with van der Waals surface area (Å²) < 4.78 is 1.98. The van der Waals surface area contributed by atoms with Crippen molar-refractivity contribution in [3.05, 3.63) is 30.4 Å². The Bertz CT molecular complexity index is 390. The van der Waals surface area contributed by atoms with Crippen molar-refractivity contribution in [2.45, 2.75) is 19.5 Å². The fraction of sp³-hybridized carbons (Fsp3) is 0.375. The molecule has 0 spiro atoms. The second kappa shape index (κ2) is 3.59. The van der Waals surface area contributed by atoms with Crippen molar-refractivity contribution in [3.63, 3.8) is 0 Å². The minimum atomic E-state index is -0.340. The number of nitrogens with two attached hydrogens (primary N) is 1. The highest BCUT2D eigenvalue weighted by Gasteiger charge is 2.16. The van der Waals surface area contributed by atoms with E-state index in [1.807, 2.05) is 17.7 Å². The number of aryl methyl sites for hydroxylation is 1. The molecule has 14 heavy (non-hydrogen) atoms. The van der Waals surface area contributed by atoms with Gasteiger partial charge in [0.2, 0.25) is 0 Å². The molecule has 0 radical (unpaired) electrons. The quantitative estimate of drug-likeness (QED) is 0.720. The molecule has 2 rings (SSSR count). The molecule has 0 aliphatic rings. The van der Waals surface area contributed by atoms with Gasteiger partial charge in [0.1, 0.15) is 24.0 Å². The average molecular weight is 192 g/mol. The number of rotatable bonds is 3. The fourth-order valence-corrected chi connectivity index (χ4v) is 1.35. The van der Waals surface area contributed by atoms with Gasteiger partial charge < -0.3 is 10.3 Å². The summed E-state index contributed by atoms with van der Waals surface area (Å²) in [4.78, 5) is 8.20. The molecule has 0 aromatic carbocycles. The van der Waals surface area contributed by atoms with Gasteiger partial charge in [0.05, 0.1) is 0 Å². The van der Waals surface area contributed by atoms with Gasteiger partial charge in [-0.05, 0) is 6.92 Å². The average Bonchev–Trinajstić information content (AvgIpc) is 2.87. The van der Waals surface area contributed by atoms with Crippen LogP contribution in [0.4, 0.5) is 0 Å². The summed E-state index contributed by atoms with van der Waals surface area (Å²) in [6.45, 7) is 2.88. The first-order valence-corrected chi connectivity index (χ1v) is 4.44. The lowest BCUT2D eigenvalue weighted by molar-refractivity contribution is 0.636. The maximum Gasteiger partial charge on any atom is 0.148 e. The van der Waals surface area contributed by atoms with Gasteiger partial charge in [-0.1, -0.05) is 0 Å². The van der Waals surface area contributed by atoms with E-state index in [-0.39, 0.29) is 6.04 Å². The van der Waals surface area contributed by atoms with Crippen LogP contribution in [0, 0.1) is 0 Å². The summed E-state index contributed by atoms with van der Waals surface area (Å²) in [5.74, 6) is 1.43. The van der Waals surface area contributed by atoms with Gasteiger partial charge in [0.25, 0.3) is 0 Å². The van der Waals surface area contributed by atoms with E-state index in [2.05, 4.69) is 20.2 Å². The predicted octanol–water partition coefficient (Wildman–Crippen LogP) is 0.0692. The number of aromatic nitrogens is 5. The van der Waals surface area contributed by atoms with E-state index < -0.39 is 0 Å². The Morgan fingerprint density at radius 2 is 2.43 bits per heavy atom. The first kappa shape index (κ1) is 8.89. The van der Waals surface area contributed by atoms with E-state index in [4.69, 9.17) is 5.73 Å². The second-order valence-electron chi connectivity index (χ2n) is 2.92. The third kappa shape index (κ3) is 1.39. The fourth-order valence-electron chi connectivity index (χ4n) is 1.35. The molecule has 1 atom stereocenters. The van der Waals surface area contributed by atoms with Crippen LogP contribution in [-0.2, 0) is 6.54 Å². The predicted molar refractivity (Wildman–Crippen MR) is 50.3 cm³/mol. The maximum absolute atomic E-state index is 5.96. The van der Waals surface area contributed by atoms with E-state index >= 15 is 0 Å². The van der Waals surface area contributed by atoms with Gasteiger partial charge in [-0.15, -0.1) is 0 Å². The third-order valence-electron chi connectivity index (χ3n) is 2.09. The van der Waals surface area contributed by atoms with Crippen molar-refractivity contribution in [3.8, 4) is 0 Å². The molecule has 3 N–H and O–H groups in total. The number of hydrogen-bond acceptors (Lipinski definition) is 4. The molecule has 2 heterocycles. The molecule has 0 bridgehead atoms. The molecule has 6 nitrogen and oxygen atoms in total. The number of aromatic amines is 1. The van der Waals surface area contributed by atoms with E-state index in [0.29, 0.717) is 5.82 Å². The van der Waals surface area contributed by atoms with Crippen LogP contribution >= 0.6 is 0 Å². The Labute approximate surface area is 81.2 Å². The van der Waals surface area contributed by atoms with Crippen molar-refractivity contribution in [1.82, 2.24) is 24.7 Å². The highest BCUT2D eigenvalue weighted by Crippen LogP contribution is 2.13. The van der Waals surface area contributed by atoms with Crippen molar-refractivity contribution < 1.29 is 0 Å². The molecule has 0 aliphatic heterocycles. The first-order chi connectivity index (χ1) is 6.83. The molecule has 0 amide bonds. The lowest BCUT2D eigenvalue weighted by Gasteiger charge is -2.09. The molecule has 0 saturated carbocycles. The normalized spacial score (nSPS) is 13.0. The van der Waals surface area contributed by atoms with Gasteiger partial charge in [-0.2, -0.15) is 5.10 Å². The minimum Gasteiger partial charge on any atom is -0.334 e. The SMILES string of the molecule is CCn1ccnc1C(N)c1ncn[nH]1.